The van der Waals surface area contributed by atoms with E-state index in [9.17, 15) is 17.6 Å². The summed E-state index contributed by atoms with van der Waals surface area (Å²) in [5.74, 6) is 0. The molecule has 1 aliphatic carbocycles. The second kappa shape index (κ2) is 9.93. The van der Waals surface area contributed by atoms with E-state index in [0.29, 0.717) is 25.1 Å². The number of urea groups is 1. The van der Waals surface area contributed by atoms with Crippen LogP contribution in [0.25, 0.3) is 0 Å². The molecule has 2 aromatic rings. The lowest BCUT2D eigenvalue weighted by Crippen LogP contribution is -2.50. The molecule has 1 aromatic carbocycles. The predicted octanol–water partition coefficient (Wildman–Crippen LogP) is 2.65. The Hall–Kier alpha value is -2.56. The third-order valence-electron chi connectivity index (χ3n) is 6.04. The van der Waals surface area contributed by atoms with Gasteiger partial charge in [-0.3, -0.25) is 10.4 Å². The van der Waals surface area contributed by atoms with Crippen LogP contribution in [0.3, 0.4) is 0 Å². The first kappa shape index (κ1) is 22.6. The van der Waals surface area contributed by atoms with Gasteiger partial charge in [0.15, 0.2) is 9.84 Å². The van der Waals surface area contributed by atoms with Gasteiger partial charge in [0, 0.05) is 37.7 Å². The van der Waals surface area contributed by atoms with Gasteiger partial charge in [-0.15, -0.1) is 0 Å². The number of aromatic nitrogens is 1. The van der Waals surface area contributed by atoms with Crippen molar-refractivity contribution in [3.05, 3.63) is 54.4 Å². The van der Waals surface area contributed by atoms with Gasteiger partial charge in [0.1, 0.15) is 6.17 Å². The number of amides is 2. The molecule has 1 saturated carbocycles. The molecule has 0 bridgehead atoms. The van der Waals surface area contributed by atoms with Crippen LogP contribution in [-0.2, 0) is 16.4 Å². The number of pyridine rings is 1. The highest BCUT2D eigenvalue weighted by Crippen LogP contribution is 2.33. The summed E-state index contributed by atoms with van der Waals surface area (Å²) in [6.45, 7) is 1.96. The van der Waals surface area contributed by atoms with E-state index in [-0.39, 0.29) is 17.4 Å². The van der Waals surface area contributed by atoms with Crippen molar-refractivity contribution >= 4 is 21.6 Å². The lowest BCUT2D eigenvalue weighted by atomic mass is 9.93. The van der Waals surface area contributed by atoms with Crippen LogP contribution >= 0.6 is 0 Å². The Morgan fingerprint density at radius 3 is 2.69 bits per heavy atom. The van der Waals surface area contributed by atoms with Crippen LogP contribution in [0.5, 0.6) is 0 Å². The Bertz CT molecular complexity index is 1010. The molecular formula is C22H28FN5O3S. The molecule has 3 atom stereocenters. The van der Waals surface area contributed by atoms with Crippen LogP contribution in [0.4, 0.5) is 14.9 Å². The highest BCUT2D eigenvalue weighted by atomic mass is 32.2. The monoisotopic (exact) mass is 461 g/mol. The Labute approximate surface area is 187 Å². The maximum Gasteiger partial charge on any atom is 0.319 e. The van der Waals surface area contributed by atoms with Crippen LogP contribution in [0.2, 0.25) is 0 Å². The lowest BCUT2D eigenvalue weighted by molar-refractivity contribution is 0.0631. The minimum atomic E-state index is -3.65. The van der Waals surface area contributed by atoms with Crippen molar-refractivity contribution in [2.24, 2.45) is 0 Å². The number of alkyl halides is 1. The zero-order valence-corrected chi connectivity index (χ0v) is 18.5. The number of benzene rings is 1. The van der Waals surface area contributed by atoms with E-state index in [1.807, 2.05) is 11.1 Å². The third-order valence-corrected chi connectivity index (χ3v) is 8.27. The van der Waals surface area contributed by atoms with Crippen molar-refractivity contribution in [3.8, 4) is 0 Å². The molecule has 32 heavy (non-hydrogen) atoms. The van der Waals surface area contributed by atoms with Crippen molar-refractivity contribution in [2.45, 2.75) is 54.6 Å². The van der Waals surface area contributed by atoms with Gasteiger partial charge in [-0.05, 0) is 61.6 Å². The molecule has 10 heteroatoms. The average molecular weight is 462 g/mol. The molecule has 172 valence electrons. The number of rotatable bonds is 6. The molecule has 2 amide bonds. The van der Waals surface area contributed by atoms with Crippen molar-refractivity contribution in [1.82, 2.24) is 20.7 Å². The fraction of sp³-hybridized carbons (Fsp3) is 0.455. The Morgan fingerprint density at radius 1 is 1.22 bits per heavy atom. The standard InChI is InChI=1S/C22H28FN5O3S/c23-20-13-19(8-9-21(20)28-12-2-11-26-28)32(30,31)18-6-4-17(5-7-18)27-22(29)25-15-16-3-1-10-24-14-16/h1,3-7,10,14,19-21,26H,2,8-9,11-13,15H2,(H2,25,27,29). The summed E-state index contributed by atoms with van der Waals surface area (Å²) in [7, 11) is -3.65. The first-order chi connectivity index (χ1) is 15.4. The molecule has 1 aromatic heterocycles. The topological polar surface area (TPSA) is 103 Å². The van der Waals surface area contributed by atoms with E-state index in [0.717, 1.165) is 25.1 Å². The van der Waals surface area contributed by atoms with Crippen LogP contribution in [0.15, 0.2) is 53.7 Å². The zero-order valence-electron chi connectivity index (χ0n) is 17.7. The van der Waals surface area contributed by atoms with E-state index in [1.54, 1.807) is 30.6 Å². The Kier molecular flexibility index (Phi) is 7.02. The molecule has 2 fully saturated rings. The number of anilines is 1. The molecule has 4 rings (SSSR count). The number of halogens is 1. The molecule has 2 heterocycles. The summed E-state index contributed by atoms with van der Waals surface area (Å²) in [4.78, 5) is 16.2. The van der Waals surface area contributed by atoms with E-state index >= 15 is 0 Å². The Morgan fingerprint density at radius 2 is 2.03 bits per heavy atom. The van der Waals surface area contributed by atoms with E-state index in [1.165, 1.54) is 12.1 Å². The summed E-state index contributed by atoms with van der Waals surface area (Å²) < 4.78 is 40.9. The molecule has 3 N–H and O–H groups in total. The van der Waals surface area contributed by atoms with E-state index in [4.69, 9.17) is 0 Å². The number of carbonyl (C=O) groups is 1. The number of nitrogens with one attached hydrogen (secondary N) is 3. The Balaban J connectivity index is 1.33. The number of nitrogens with zero attached hydrogens (tertiary/aromatic N) is 2. The lowest BCUT2D eigenvalue weighted by Gasteiger charge is -2.36. The first-order valence-corrected chi connectivity index (χ1v) is 12.4. The van der Waals surface area contributed by atoms with E-state index < -0.39 is 27.3 Å². The number of hydrogen-bond donors (Lipinski definition) is 3. The van der Waals surface area contributed by atoms with Gasteiger partial charge in [-0.25, -0.2) is 22.6 Å². The summed E-state index contributed by atoms with van der Waals surface area (Å²) in [6, 6.07) is 8.99. The van der Waals surface area contributed by atoms with Gasteiger partial charge in [-0.2, -0.15) is 0 Å². The fourth-order valence-electron chi connectivity index (χ4n) is 4.31. The fourth-order valence-corrected chi connectivity index (χ4v) is 6.10. The predicted molar refractivity (Wildman–Crippen MR) is 119 cm³/mol. The van der Waals surface area contributed by atoms with E-state index in [2.05, 4.69) is 21.0 Å². The van der Waals surface area contributed by atoms with Gasteiger partial charge < -0.3 is 10.6 Å². The molecule has 0 spiro atoms. The largest absolute Gasteiger partial charge is 0.334 e. The average Bonchev–Trinajstić information content (AvgIpc) is 3.33. The van der Waals surface area contributed by atoms with Gasteiger partial charge in [0.05, 0.1) is 16.2 Å². The van der Waals surface area contributed by atoms with Gasteiger partial charge in [-0.1, -0.05) is 6.07 Å². The summed E-state index contributed by atoms with van der Waals surface area (Å²) in [5, 5.41) is 6.58. The molecule has 8 nitrogen and oxygen atoms in total. The van der Waals surface area contributed by atoms with Crippen LogP contribution in [-0.4, -0.2) is 55.0 Å². The van der Waals surface area contributed by atoms with Crippen molar-refractivity contribution < 1.29 is 17.6 Å². The van der Waals surface area contributed by atoms with Crippen molar-refractivity contribution in [3.63, 3.8) is 0 Å². The SMILES string of the molecule is O=C(NCc1cccnc1)Nc1ccc(S(=O)(=O)C2CCC(N3CCCN3)C(F)C2)cc1. The van der Waals surface area contributed by atoms with Gasteiger partial charge in [0.2, 0.25) is 0 Å². The molecule has 3 unspecified atom stereocenters. The van der Waals surface area contributed by atoms with Gasteiger partial charge >= 0.3 is 6.03 Å². The van der Waals surface area contributed by atoms with Crippen molar-refractivity contribution in [1.29, 1.82) is 0 Å². The summed E-state index contributed by atoms with van der Waals surface area (Å²) in [6.07, 6.45) is 4.06. The minimum absolute atomic E-state index is 0.00192. The first-order valence-electron chi connectivity index (χ1n) is 10.9. The highest BCUT2D eigenvalue weighted by molar-refractivity contribution is 7.92. The number of carbonyl (C=O) groups excluding carboxylic acids is 1. The minimum Gasteiger partial charge on any atom is -0.334 e. The van der Waals surface area contributed by atoms with Crippen LogP contribution < -0.4 is 16.1 Å². The highest BCUT2D eigenvalue weighted by Gasteiger charge is 2.40. The maximum atomic E-state index is 14.8. The second-order valence-electron chi connectivity index (χ2n) is 8.21. The molecule has 0 radical (unpaired) electrons. The van der Waals surface area contributed by atoms with Gasteiger partial charge in [0.25, 0.3) is 0 Å². The molecule has 2 aliphatic rings. The number of hydrogen-bond acceptors (Lipinski definition) is 6. The number of sulfone groups is 1. The third kappa shape index (κ3) is 5.25. The molecule has 1 saturated heterocycles. The van der Waals surface area contributed by atoms with Crippen LogP contribution in [0, 0.1) is 0 Å². The zero-order chi connectivity index (χ0) is 22.6. The summed E-state index contributed by atoms with van der Waals surface area (Å²) >= 11 is 0. The van der Waals surface area contributed by atoms with Crippen LogP contribution in [0.1, 0.15) is 31.2 Å². The molecule has 1 aliphatic heterocycles. The smallest absolute Gasteiger partial charge is 0.319 e. The van der Waals surface area contributed by atoms with Crippen molar-refractivity contribution in [2.75, 3.05) is 18.4 Å². The normalized spacial score (nSPS) is 24.2. The maximum absolute atomic E-state index is 14.8. The number of hydrazine groups is 1. The quantitative estimate of drug-likeness (QED) is 0.611. The summed E-state index contributed by atoms with van der Waals surface area (Å²) in [5.41, 5.74) is 4.52. The second-order valence-corrected chi connectivity index (χ2v) is 10.4. The molecular weight excluding hydrogens is 433 g/mol.